The highest BCUT2D eigenvalue weighted by Gasteiger charge is 2.11. The first-order valence-corrected chi connectivity index (χ1v) is 9.11. The summed E-state index contributed by atoms with van der Waals surface area (Å²) in [6.07, 6.45) is 0. The van der Waals surface area contributed by atoms with Crippen LogP contribution in [0.2, 0.25) is 0 Å². The predicted octanol–water partition coefficient (Wildman–Crippen LogP) is 6.43. The molecule has 0 atom stereocenters. The first-order valence-electron chi connectivity index (χ1n) is 9.11. The molecular formula is C25H18N2. The Morgan fingerprint density at radius 3 is 2.15 bits per heavy atom. The van der Waals surface area contributed by atoms with Crippen molar-refractivity contribution in [3.8, 4) is 22.6 Å². The maximum atomic E-state index is 4.97. The maximum absolute atomic E-state index is 4.97. The summed E-state index contributed by atoms with van der Waals surface area (Å²) >= 11 is 0. The Morgan fingerprint density at radius 2 is 1.30 bits per heavy atom. The lowest BCUT2D eigenvalue weighted by Gasteiger charge is -2.10. The second kappa shape index (κ2) is 6.33. The van der Waals surface area contributed by atoms with Gasteiger partial charge in [-0.3, -0.25) is 0 Å². The van der Waals surface area contributed by atoms with Gasteiger partial charge in [0, 0.05) is 16.5 Å². The van der Waals surface area contributed by atoms with Crippen LogP contribution in [0.5, 0.6) is 0 Å². The molecular weight excluding hydrogens is 328 g/mol. The normalized spacial score (nSPS) is 11.1. The summed E-state index contributed by atoms with van der Waals surface area (Å²) < 4.78 is 0. The Kier molecular flexibility index (Phi) is 3.68. The SMILES string of the molecule is Cc1ccc(-c2nc(-c3ccc4ccccc4c3)c3ccccc3n2)cc1. The third kappa shape index (κ3) is 2.85. The Labute approximate surface area is 158 Å². The lowest BCUT2D eigenvalue weighted by molar-refractivity contribution is 1.23. The van der Waals surface area contributed by atoms with E-state index in [-0.39, 0.29) is 0 Å². The van der Waals surface area contributed by atoms with Crippen molar-refractivity contribution in [2.24, 2.45) is 0 Å². The molecule has 0 bridgehead atoms. The van der Waals surface area contributed by atoms with Crippen LogP contribution < -0.4 is 0 Å². The van der Waals surface area contributed by atoms with Crippen LogP contribution in [-0.4, -0.2) is 9.97 Å². The van der Waals surface area contributed by atoms with Gasteiger partial charge in [0.15, 0.2) is 5.82 Å². The quantitative estimate of drug-likeness (QED) is 0.368. The second-order valence-electron chi connectivity index (χ2n) is 6.84. The van der Waals surface area contributed by atoms with Crippen LogP contribution in [0.1, 0.15) is 5.56 Å². The molecule has 0 spiro atoms. The van der Waals surface area contributed by atoms with Crippen molar-refractivity contribution in [2.45, 2.75) is 6.92 Å². The molecule has 1 aromatic heterocycles. The fourth-order valence-corrected chi connectivity index (χ4v) is 3.47. The van der Waals surface area contributed by atoms with Crippen LogP contribution in [0.3, 0.4) is 0 Å². The molecule has 2 nitrogen and oxygen atoms in total. The van der Waals surface area contributed by atoms with Crippen molar-refractivity contribution in [3.63, 3.8) is 0 Å². The summed E-state index contributed by atoms with van der Waals surface area (Å²) in [5.41, 5.74) is 5.32. The molecule has 128 valence electrons. The monoisotopic (exact) mass is 346 g/mol. The minimum atomic E-state index is 0.761. The number of benzene rings is 4. The highest BCUT2D eigenvalue weighted by molar-refractivity contribution is 5.96. The zero-order valence-electron chi connectivity index (χ0n) is 15.1. The lowest BCUT2D eigenvalue weighted by Crippen LogP contribution is -1.95. The van der Waals surface area contributed by atoms with Gasteiger partial charge in [-0.05, 0) is 29.8 Å². The van der Waals surface area contributed by atoms with Crippen LogP contribution >= 0.6 is 0 Å². The molecule has 0 amide bonds. The number of para-hydroxylation sites is 1. The Balaban J connectivity index is 1.77. The molecule has 0 aliphatic carbocycles. The summed E-state index contributed by atoms with van der Waals surface area (Å²) in [4.78, 5) is 9.78. The second-order valence-corrected chi connectivity index (χ2v) is 6.84. The number of fused-ring (bicyclic) bond motifs is 2. The molecule has 0 unspecified atom stereocenters. The molecule has 5 rings (SSSR count). The zero-order chi connectivity index (χ0) is 18.2. The van der Waals surface area contributed by atoms with Gasteiger partial charge in [-0.25, -0.2) is 9.97 Å². The van der Waals surface area contributed by atoms with Gasteiger partial charge in [-0.15, -0.1) is 0 Å². The van der Waals surface area contributed by atoms with Crippen LogP contribution in [0, 0.1) is 6.92 Å². The number of hydrogen-bond donors (Lipinski definition) is 0. The first kappa shape index (κ1) is 15.7. The van der Waals surface area contributed by atoms with Crippen molar-refractivity contribution >= 4 is 21.7 Å². The van der Waals surface area contributed by atoms with Gasteiger partial charge in [-0.1, -0.05) is 84.4 Å². The molecule has 5 aromatic rings. The van der Waals surface area contributed by atoms with Crippen molar-refractivity contribution < 1.29 is 0 Å². The molecule has 0 saturated carbocycles. The van der Waals surface area contributed by atoms with E-state index < -0.39 is 0 Å². The minimum absolute atomic E-state index is 0.761. The van der Waals surface area contributed by atoms with E-state index in [4.69, 9.17) is 9.97 Å². The molecule has 0 aliphatic heterocycles. The first-order chi connectivity index (χ1) is 13.3. The van der Waals surface area contributed by atoms with Gasteiger partial charge < -0.3 is 0 Å². The van der Waals surface area contributed by atoms with E-state index in [1.165, 1.54) is 16.3 Å². The number of aromatic nitrogens is 2. The van der Waals surface area contributed by atoms with Crippen LogP contribution in [0.4, 0.5) is 0 Å². The maximum Gasteiger partial charge on any atom is 0.160 e. The van der Waals surface area contributed by atoms with Gasteiger partial charge in [0.2, 0.25) is 0 Å². The average Bonchev–Trinajstić information content (AvgIpc) is 2.73. The standard InChI is InChI=1S/C25H18N2/c1-17-10-12-19(13-11-17)25-26-23-9-5-4-8-22(23)24(27-25)21-15-14-18-6-2-3-7-20(18)16-21/h2-16H,1H3. The summed E-state index contributed by atoms with van der Waals surface area (Å²) in [7, 11) is 0. The molecule has 0 aliphatic rings. The fourth-order valence-electron chi connectivity index (χ4n) is 3.47. The minimum Gasteiger partial charge on any atom is -0.228 e. The lowest BCUT2D eigenvalue weighted by atomic mass is 10.0. The largest absolute Gasteiger partial charge is 0.228 e. The van der Waals surface area contributed by atoms with E-state index in [9.17, 15) is 0 Å². The molecule has 1 heterocycles. The number of rotatable bonds is 2. The number of nitrogens with zero attached hydrogens (tertiary/aromatic N) is 2. The molecule has 4 aromatic carbocycles. The Bertz CT molecular complexity index is 1270. The van der Waals surface area contributed by atoms with E-state index in [0.717, 1.165) is 33.5 Å². The molecule has 0 saturated heterocycles. The van der Waals surface area contributed by atoms with Crippen molar-refractivity contribution in [1.82, 2.24) is 9.97 Å². The Hall–Kier alpha value is -3.52. The van der Waals surface area contributed by atoms with E-state index in [0.29, 0.717) is 0 Å². The van der Waals surface area contributed by atoms with Crippen LogP contribution in [0.25, 0.3) is 44.3 Å². The van der Waals surface area contributed by atoms with Crippen molar-refractivity contribution in [1.29, 1.82) is 0 Å². The average molecular weight is 346 g/mol. The topological polar surface area (TPSA) is 25.8 Å². The molecule has 27 heavy (non-hydrogen) atoms. The van der Waals surface area contributed by atoms with Gasteiger partial charge in [0.25, 0.3) is 0 Å². The summed E-state index contributed by atoms with van der Waals surface area (Å²) in [5, 5.41) is 3.52. The van der Waals surface area contributed by atoms with E-state index in [1.54, 1.807) is 0 Å². The van der Waals surface area contributed by atoms with Crippen LogP contribution in [0.15, 0.2) is 91.0 Å². The van der Waals surface area contributed by atoms with Gasteiger partial charge in [-0.2, -0.15) is 0 Å². The fraction of sp³-hybridized carbons (Fsp3) is 0.0400. The van der Waals surface area contributed by atoms with Crippen molar-refractivity contribution in [2.75, 3.05) is 0 Å². The number of hydrogen-bond acceptors (Lipinski definition) is 2. The number of aryl methyl sites for hydroxylation is 1. The molecule has 2 heteroatoms. The third-order valence-electron chi connectivity index (χ3n) is 4.94. The summed E-state index contributed by atoms with van der Waals surface area (Å²) in [5.74, 6) is 0.761. The van der Waals surface area contributed by atoms with E-state index >= 15 is 0 Å². The summed E-state index contributed by atoms with van der Waals surface area (Å²) in [6, 6.07) is 31.5. The van der Waals surface area contributed by atoms with Crippen LogP contribution in [-0.2, 0) is 0 Å². The highest BCUT2D eigenvalue weighted by Crippen LogP contribution is 2.31. The van der Waals surface area contributed by atoms with E-state index in [2.05, 4.69) is 85.8 Å². The molecule has 0 radical (unpaired) electrons. The zero-order valence-corrected chi connectivity index (χ0v) is 15.1. The van der Waals surface area contributed by atoms with Gasteiger partial charge in [0.05, 0.1) is 11.2 Å². The Morgan fingerprint density at radius 1 is 0.593 bits per heavy atom. The predicted molar refractivity (Wildman–Crippen MR) is 113 cm³/mol. The summed E-state index contributed by atoms with van der Waals surface area (Å²) in [6.45, 7) is 2.09. The smallest absolute Gasteiger partial charge is 0.160 e. The van der Waals surface area contributed by atoms with Crippen molar-refractivity contribution in [3.05, 3.63) is 96.6 Å². The molecule has 0 fully saturated rings. The third-order valence-corrected chi connectivity index (χ3v) is 4.94. The van der Waals surface area contributed by atoms with Gasteiger partial charge in [0.1, 0.15) is 0 Å². The van der Waals surface area contributed by atoms with E-state index in [1.807, 2.05) is 12.1 Å². The highest BCUT2D eigenvalue weighted by atomic mass is 14.9. The molecule has 0 N–H and O–H groups in total. The van der Waals surface area contributed by atoms with Gasteiger partial charge >= 0.3 is 0 Å².